The summed E-state index contributed by atoms with van der Waals surface area (Å²) in [6.45, 7) is 2.84. The van der Waals surface area contributed by atoms with Gasteiger partial charge < -0.3 is 9.64 Å². The van der Waals surface area contributed by atoms with Gasteiger partial charge in [-0.3, -0.25) is 0 Å². The summed E-state index contributed by atoms with van der Waals surface area (Å²) in [5.41, 5.74) is 8.73. The van der Waals surface area contributed by atoms with Crippen molar-refractivity contribution in [3.05, 3.63) is 101 Å². The third-order valence-corrected chi connectivity index (χ3v) is 5.35. The molecule has 0 N–H and O–H groups in total. The van der Waals surface area contributed by atoms with Crippen molar-refractivity contribution in [3.8, 4) is 0 Å². The molecule has 1 unspecified atom stereocenters. The molecule has 0 bridgehead atoms. The van der Waals surface area contributed by atoms with Crippen molar-refractivity contribution in [2.24, 2.45) is 0 Å². The minimum absolute atomic E-state index is 0.0769. The molecular weight excluding hydrogens is 318 g/mol. The fourth-order valence-electron chi connectivity index (χ4n) is 3.94. The molecule has 26 heavy (non-hydrogen) atoms. The van der Waals surface area contributed by atoms with Gasteiger partial charge in [-0.2, -0.15) is 0 Å². The molecule has 1 atom stereocenters. The third-order valence-electron chi connectivity index (χ3n) is 5.35. The average Bonchev–Trinajstić information content (AvgIpc) is 2.73. The van der Waals surface area contributed by atoms with E-state index >= 15 is 0 Å². The Morgan fingerprint density at radius 1 is 0.923 bits per heavy atom. The largest absolute Gasteiger partial charge is 0.349 e. The van der Waals surface area contributed by atoms with E-state index in [2.05, 4.69) is 90.7 Å². The quantitative estimate of drug-likeness (QED) is 0.585. The smallest absolute Gasteiger partial charge is 0.161 e. The van der Waals surface area contributed by atoms with E-state index in [9.17, 15) is 0 Å². The first-order chi connectivity index (χ1) is 12.8. The Hall–Kier alpha value is -2.84. The number of hydrogen-bond acceptors (Lipinski definition) is 2. The second-order valence-electron chi connectivity index (χ2n) is 6.87. The fraction of sp³-hybridized carbons (Fsp3) is 0.167. The van der Waals surface area contributed by atoms with Gasteiger partial charge in [0.05, 0.1) is 12.3 Å². The van der Waals surface area contributed by atoms with Crippen LogP contribution in [0.5, 0.6) is 0 Å². The van der Waals surface area contributed by atoms with Gasteiger partial charge in [0.25, 0.3) is 0 Å². The lowest BCUT2D eigenvalue weighted by atomic mass is 9.93. The van der Waals surface area contributed by atoms with Crippen molar-refractivity contribution in [2.45, 2.75) is 26.2 Å². The van der Waals surface area contributed by atoms with Gasteiger partial charge in [0.1, 0.15) is 0 Å². The molecule has 0 fully saturated rings. The minimum atomic E-state index is -0.0769. The van der Waals surface area contributed by atoms with Gasteiger partial charge in [-0.25, -0.2) is 0 Å². The Bertz CT molecular complexity index is 987. The minimum Gasteiger partial charge on any atom is -0.349 e. The van der Waals surface area contributed by atoms with E-state index < -0.39 is 0 Å². The molecule has 0 radical (unpaired) electrons. The van der Waals surface area contributed by atoms with Crippen LogP contribution in [0.25, 0.3) is 11.8 Å². The highest BCUT2D eigenvalue weighted by Crippen LogP contribution is 2.46. The van der Waals surface area contributed by atoms with Crippen LogP contribution < -0.4 is 4.90 Å². The molecule has 0 aliphatic carbocycles. The summed E-state index contributed by atoms with van der Waals surface area (Å²) in [6.07, 6.45) is 3.27. The van der Waals surface area contributed by atoms with Crippen LogP contribution in [-0.4, -0.2) is 0 Å². The molecule has 2 heterocycles. The summed E-state index contributed by atoms with van der Waals surface area (Å²) in [5, 5.41) is 0. The molecule has 2 nitrogen and oxygen atoms in total. The Balaban J connectivity index is 1.72. The first-order valence-electron chi connectivity index (χ1n) is 9.24. The van der Waals surface area contributed by atoms with Gasteiger partial charge in [-0.05, 0) is 35.3 Å². The van der Waals surface area contributed by atoms with E-state index in [0.717, 1.165) is 6.42 Å². The maximum Gasteiger partial charge on any atom is 0.161 e. The summed E-state index contributed by atoms with van der Waals surface area (Å²) in [5.74, 6) is 0. The van der Waals surface area contributed by atoms with E-state index in [-0.39, 0.29) is 6.23 Å². The predicted molar refractivity (Wildman–Crippen MR) is 107 cm³/mol. The van der Waals surface area contributed by atoms with Crippen LogP contribution in [0.3, 0.4) is 0 Å². The van der Waals surface area contributed by atoms with E-state index in [4.69, 9.17) is 4.74 Å². The Morgan fingerprint density at radius 2 is 1.69 bits per heavy atom. The normalized spacial score (nSPS) is 17.8. The molecule has 0 spiro atoms. The van der Waals surface area contributed by atoms with Crippen LogP contribution in [0.4, 0.5) is 5.69 Å². The zero-order valence-electron chi connectivity index (χ0n) is 14.9. The molecule has 2 heteroatoms. The fourth-order valence-corrected chi connectivity index (χ4v) is 3.94. The lowest BCUT2D eigenvalue weighted by Crippen LogP contribution is -2.35. The Labute approximate surface area is 154 Å². The van der Waals surface area contributed by atoms with Crippen LogP contribution in [0.2, 0.25) is 0 Å². The average molecular weight is 339 g/mol. The summed E-state index contributed by atoms with van der Waals surface area (Å²) in [6, 6.07) is 26.0. The molecule has 3 aromatic rings. The SMILES string of the molecule is CCc1ccc(C2=Cc3ccccc3C3OCc4ccccc4N23)cc1. The maximum absolute atomic E-state index is 6.32. The molecule has 128 valence electrons. The second kappa shape index (κ2) is 6.15. The molecule has 5 rings (SSSR count). The van der Waals surface area contributed by atoms with Gasteiger partial charge >= 0.3 is 0 Å². The van der Waals surface area contributed by atoms with Crippen LogP contribution in [0, 0.1) is 0 Å². The van der Waals surface area contributed by atoms with Crippen LogP contribution in [-0.2, 0) is 17.8 Å². The molecule has 2 aliphatic rings. The summed E-state index contributed by atoms with van der Waals surface area (Å²) < 4.78 is 6.32. The number of rotatable bonds is 2. The number of hydrogen-bond donors (Lipinski definition) is 0. The lowest BCUT2D eigenvalue weighted by Gasteiger charge is -2.43. The molecule has 0 saturated carbocycles. The Kier molecular flexibility index (Phi) is 3.65. The number of ether oxygens (including phenoxy) is 1. The van der Waals surface area contributed by atoms with Gasteiger partial charge in [0.15, 0.2) is 6.23 Å². The number of fused-ring (bicyclic) bond motifs is 5. The van der Waals surface area contributed by atoms with Crippen molar-refractivity contribution in [3.63, 3.8) is 0 Å². The van der Waals surface area contributed by atoms with E-state index in [1.807, 2.05) is 0 Å². The summed E-state index contributed by atoms with van der Waals surface area (Å²) >= 11 is 0. The zero-order valence-corrected chi connectivity index (χ0v) is 14.9. The van der Waals surface area contributed by atoms with Crippen LogP contribution >= 0.6 is 0 Å². The molecule has 0 saturated heterocycles. The van der Waals surface area contributed by atoms with E-state index in [0.29, 0.717) is 6.61 Å². The van der Waals surface area contributed by atoms with Crippen molar-refractivity contribution in [1.82, 2.24) is 0 Å². The van der Waals surface area contributed by atoms with E-state index in [1.54, 1.807) is 0 Å². The number of benzene rings is 3. The molecule has 2 aliphatic heterocycles. The lowest BCUT2D eigenvalue weighted by molar-refractivity contribution is 0.0344. The number of anilines is 1. The number of para-hydroxylation sites is 1. The van der Waals surface area contributed by atoms with Gasteiger partial charge in [-0.1, -0.05) is 73.7 Å². The zero-order chi connectivity index (χ0) is 17.5. The van der Waals surface area contributed by atoms with Crippen molar-refractivity contribution in [1.29, 1.82) is 0 Å². The molecule has 0 aromatic heterocycles. The maximum atomic E-state index is 6.32. The van der Waals surface area contributed by atoms with Crippen molar-refractivity contribution >= 4 is 17.5 Å². The Morgan fingerprint density at radius 3 is 2.54 bits per heavy atom. The summed E-state index contributed by atoms with van der Waals surface area (Å²) in [4.78, 5) is 2.35. The van der Waals surface area contributed by atoms with Gasteiger partial charge in [0, 0.05) is 16.8 Å². The monoisotopic (exact) mass is 339 g/mol. The first kappa shape index (κ1) is 15.4. The van der Waals surface area contributed by atoms with Crippen molar-refractivity contribution < 1.29 is 4.74 Å². The van der Waals surface area contributed by atoms with Crippen LogP contribution in [0.1, 0.15) is 41.0 Å². The predicted octanol–water partition coefficient (Wildman–Crippen LogP) is 5.80. The van der Waals surface area contributed by atoms with Crippen LogP contribution in [0.15, 0.2) is 72.8 Å². The highest BCUT2D eigenvalue weighted by atomic mass is 16.5. The third kappa shape index (κ3) is 2.38. The molecule has 0 amide bonds. The van der Waals surface area contributed by atoms with Gasteiger partial charge in [-0.15, -0.1) is 0 Å². The summed E-state index contributed by atoms with van der Waals surface area (Å²) in [7, 11) is 0. The van der Waals surface area contributed by atoms with E-state index in [1.165, 1.54) is 39.2 Å². The highest BCUT2D eigenvalue weighted by molar-refractivity contribution is 5.94. The highest BCUT2D eigenvalue weighted by Gasteiger charge is 2.35. The first-order valence-corrected chi connectivity index (χ1v) is 9.24. The number of nitrogens with zero attached hydrogens (tertiary/aromatic N) is 1. The molecule has 3 aromatic carbocycles. The molecular formula is C24H21NO. The van der Waals surface area contributed by atoms with Gasteiger partial charge in [0.2, 0.25) is 0 Å². The number of aryl methyl sites for hydroxylation is 1. The topological polar surface area (TPSA) is 12.5 Å². The second-order valence-corrected chi connectivity index (χ2v) is 6.87. The van der Waals surface area contributed by atoms with Crippen molar-refractivity contribution in [2.75, 3.05) is 4.90 Å². The standard InChI is InChI=1S/C24H21NO/c1-2-17-11-13-18(14-12-17)23-15-19-7-3-5-9-21(19)24-25(23)22-10-6-4-8-20(22)16-26-24/h3-15,24H,2,16H2,1H3.